The summed E-state index contributed by atoms with van der Waals surface area (Å²) in [7, 11) is 0. The molecule has 0 amide bonds. The molecule has 1 nitrogen and oxygen atoms in total. The van der Waals surface area contributed by atoms with Gasteiger partial charge in [0.1, 0.15) is 0 Å². The van der Waals surface area contributed by atoms with E-state index in [4.69, 9.17) is 0 Å². The molecule has 2 heteroatoms. The first kappa shape index (κ1) is 13.5. The lowest BCUT2D eigenvalue weighted by Gasteiger charge is -2.14. The van der Waals surface area contributed by atoms with Gasteiger partial charge in [0.2, 0.25) is 0 Å². The van der Waals surface area contributed by atoms with Crippen LogP contribution in [0.3, 0.4) is 0 Å². The molecule has 0 spiro atoms. The summed E-state index contributed by atoms with van der Waals surface area (Å²) in [6, 6.07) is 4.06. The van der Waals surface area contributed by atoms with Gasteiger partial charge in [-0.1, -0.05) is 47.1 Å². The molecule has 0 saturated heterocycles. The molecule has 88 valence electrons. The van der Waals surface area contributed by atoms with Gasteiger partial charge in [0.25, 0.3) is 0 Å². The van der Waals surface area contributed by atoms with Gasteiger partial charge in [0.15, 0.2) is 0 Å². The average molecular weight is 283 g/mol. The van der Waals surface area contributed by atoms with Crippen LogP contribution in [0.2, 0.25) is 0 Å². The molecular formula is C14H19BrO. The van der Waals surface area contributed by atoms with Gasteiger partial charge in [-0.3, -0.25) is 0 Å². The molecule has 0 bridgehead atoms. The van der Waals surface area contributed by atoms with E-state index < -0.39 is 6.10 Å². The van der Waals surface area contributed by atoms with Crippen molar-refractivity contribution >= 4 is 15.9 Å². The fourth-order valence-corrected chi connectivity index (χ4v) is 1.94. The van der Waals surface area contributed by atoms with Crippen LogP contribution >= 0.6 is 15.9 Å². The molecule has 16 heavy (non-hydrogen) atoms. The molecule has 0 aromatic heterocycles. The predicted octanol–water partition coefficient (Wildman–Crippen LogP) is 4.46. The zero-order valence-electron chi connectivity index (χ0n) is 10.2. The zero-order chi connectivity index (χ0) is 12.3. The number of aryl methyl sites for hydroxylation is 2. The Morgan fingerprint density at radius 3 is 2.31 bits per heavy atom. The summed E-state index contributed by atoms with van der Waals surface area (Å²) in [5, 5.41) is 10.1. The second-order valence-corrected chi connectivity index (χ2v) is 5.09. The van der Waals surface area contributed by atoms with Gasteiger partial charge < -0.3 is 5.11 Å². The molecule has 0 heterocycles. The van der Waals surface area contributed by atoms with Gasteiger partial charge in [0.05, 0.1) is 6.10 Å². The van der Waals surface area contributed by atoms with Gasteiger partial charge >= 0.3 is 0 Å². The molecule has 0 radical (unpaired) electrons. The van der Waals surface area contributed by atoms with Crippen LogP contribution in [-0.4, -0.2) is 5.11 Å². The maximum atomic E-state index is 10.1. The Morgan fingerprint density at radius 1 is 1.38 bits per heavy atom. The highest BCUT2D eigenvalue weighted by molar-refractivity contribution is 9.10. The van der Waals surface area contributed by atoms with Gasteiger partial charge in [-0.15, -0.1) is 0 Å². The smallest absolute Gasteiger partial charge is 0.0827 e. The van der Waals surface area contributed by atoms with E-state index in [1.807, 2.05) is 26.0 Å². The van der Waals surface area contributed by atoms with Crippen LogP contribution in [0.1, 0.15) is 42.6 Å². The van der Waals surface area contributed by atoms with E-state index >= 15 is 0 Å². The van der Waals surface area contributed by atoms with Crippen molar-refractivity contribution in [3.05, 3.63) is 45.4 Å². The fourth-order valence-electron chi connectivity index (χ4n) is 1.71. The van der Waals surface area contributed by atoms with Crippen LogP contribution in [0.25, 0.3) is 0 Å². The summed E-state index contributed by atoms with van der Waals surface area (Å²) >= 11 is 3.53. The molecule has 1 unspecified atom stereocenters. The van der Waals surface area contributed by atoms with Gasteiger partial charge in [-0.25, -0.2) is 0 Å². The minimum absolute atomic E-state index is 0.432. The first-order valence-corrected chi connectivity index (χ1v) is 6.36. The Bertz CT molecular complexity index is 373. The number of halogens is 1. The van der Waals surface area contributed by atoms with Crippen molar-refractivity contribution in [1.82, 2.24) is 0 Å². The fraction of sp³-hybridized carbons (Fsp3) is 0.429. The van der Waals surface area contributed by atoms with Crippen LogP contribution in [0.5, 0.6) is 0 Å². The normalized spacial score (nSPS) is 12.6. The summed E-state index contributed by atoms with van der Waals surface area (Å²) in [5.74, 6) is 0. The number of hydrogen-bond donors (Lipinski definition) is 1. The average Bonchev–Trinajstić information content (AvgIpc) is 2.24. The summed E-state index contributed by atoms with van der Waals surface area (Å²) in [6.45, 7) is 10.1. The molecule has 1 atom stereocenters. The third-order valence-electron chi connectivity index (χ3n) is 2.83. The predicted molar refractivity (Wildman–Crippen MR) is 72.6 cm³/mol. The van der Waals surface area contributed by atoms with Gasteiger partial charge in [-0.2, -0.15) is 0 Å². The minimum Gasteiger partial charge on any atom is -0.388 e. The maximum absolute atomic E-state index is 10.1. The largest absolute Gasteiger partial charge is 0.388 e. The highest BCUT2D eigenvalue weighted by Gasteiger charge is 2.11. The van der Waals surface area contributed by atoms with Gasteiger partial charge in [-0.05, 0) is 43.4 Å². The lowest BCUT2D eigenvalue weighted by molar-refractivity contribution is 0.177. The van der Waals surface area contributed by atoms with Crippen molar-refractivity contribution in [1.29, 1.82) is 0 Å². The lowest BCUT2D eigenvalue weighted by Crippen LogP contribution is -2.00. The Kier molecular flexibility index (Phi) is 4.75. The van der Waals surface area contributed by atoms with Crippen molar-refractivity contribution < 1.29 is 5.11 Å². The Hall–Kier alpha value is -0.600. The molecular weight excluding hydrogens is 264 g/mol. The number of hydrogen-bond acceptors (Lipinski definition) is 1. The summed E-state index contributed by atoms with van der Waals surface area (Å²) in [6.07, 6.45) is 1.14. The summed E-state index contributed by atoms with van der Waals surface area (Å²) in [4.78, 5) is 0. The van der Waals surface area contributed by atoms with Crippen LogP contribution in [-0.2, 0) is 0 Å². The van der Waals surface area contributed by atoms with Gasteiger partial charge in [0, 0.05) is 4.47 Å². The Balaban J connectivity index is 2.92. The number of aliphatic hydroxyl groups excluding tert-OH is 1. The summed E-state index contributed by atoms with van der Waals surface area (Å²) < 4.78 is 1.12. The number of rotatable bonds is 4. The third kappa shape index (κ3) is 3.19. The van der Waals surface area contributed by atoms with E-state index in [1.54, 1.807) is 0 Å². The zero-order valence-corrected chi connectivity index (χ0v) is 11.8. The minimum atomic E-state index is -0.432. The number of benzene rings is 1. The van der Waals surface area contributed by atoms with Crippen molar-refractivity contribution in [2.24, 2.45) is 0 Å². The van der Waals surface area contributed by atoms with E-state index in [0.29, 0.717) is 6.42 Å². The molecule has 0 fully saturated rings. The SMILES string of the molecule is C=C(CC)CC(O)c1cc(C)c(Br)c(C)c1. The van der Waals surface area contributed by atoms with Crippen LogP contribution in [0.4, 0.5) is 0 Å². The topological polar surface area (TPSA) is 20.2 Å². The second kappa shape index (κ2) is 5.65. The highest BCUT2D eigenvalue weighted by Crippen LogP contribution is 2.28. The molecule has 0 aliphatic heterocycles. The molecule has 1 N–H and O–H groups in total. The molecule has 1 aromatic carbocycles. The van der Waals surface area contributed by atoms with E-state index in [2.05, 4.69) is 29.4 Å². The Morgan fingerprint density at radius 2 is 1.88 bits per heavy atom. The monoisotopic (exact) mass is 282 g/mol. The van der Waals surface area contributed by atoms with Crippen LogP contribution in [0.15, 0.2) is 28.8 Å². The highest BCUT2D eigenvalue weighted by atomic mass is 79.9. The first-order chi connectivity index (χ1) is 7.45. The van der Waals surface area contributed by atoms with Crippen molar-refractivity contribution in [3.8, 4) is 0 Å². The standard InChI is InChI=1S/C14H19BrO/c1-5-9(2)6-13(16)12-7-10(3)14(15)11(4)8-12/h7-8,13,16H,2,5-6H2,1,3-4H3. The van der Waals surface area contributed by atoms with Crippen LogP contribution in [0, 0.1) is 13.8 Å². The number of aliphatic hydroxyl groups is 1. The van der Waals surface area contributed by atoms with E-state index in [9.17, 15) is 5.11 Å². The van der Waals surface area contributed by atoms with Crippen molar-refractivity contribution in [2.45, 2.75) is 39.7 Å². The van der Waals surface area contributed by atoms with E-state index in [1.165, 1.54) is 0 Å². The molecule has 1 aromatic rings. The van der Waals surface area contributed by atoms with E-state index in [0.717, 1.165) is 33.2 Å². The lowest BCUT2D eigenvalue weighted by atomic mass is 9.98. The first-order valence-electron chi connectivity index (χ1n) is 5.57. The van der Waals surface area contributed by atoms with E-state index in [-0.39, 0.29) is 0 Å². The van der Waals surface area contributed by atoms with Crippen LogP contribution < -0.4 is 0 Å². The molecule has 1 rings (SSSR count). The van der Waals surface area contributed by atoms with Crippen molar-refractivity contribution in [2.75, 3.05) is 0 Å². The quantitative estimate of drug-likeness (QED) is 0.809. The second-order valence-electron chi connectivity index (χ2n) is 4.29. The third-order valence-corrected chi connectivity index (χ3v) is 4.08. The van der Waals surface area contributed by atoms with Crippen molar-refractivity contribution in [3.63, 3.8) is 0 Å². The Labute approximate surface area is 106 Å². The summed E-state index contributed by atoms with van der Waals surface area (Å²) in [5.41, 5.74) is 4.39. The maximum Gasteiger partial charge on any atom is 0.0827 e. The molecule has 0 aliphatic rings. The molecule has 0 saturated carbocycles. The molecule has 0 aliphatic carbocycles.